The largest absolute Gasteiger partial charge is 0.480 e. The van der Waals surface area contributed by atoms with Gasteiger partial charge in [0.25, 0.3) is 0 Å². The highest BCUT2D eigenvalue weighted by atomic mass is 35.5. The Morgan fingerprint density at radius 1 is 0.685 bits per heavy atom. The summed E-state index contributed by atoms with van der Waals surface area (Å²) in [5.74, 6) is -8.86. The van der Waals surface area contributed by atoms with Gasteiger partial charge in [-0.15, -0.1) is 22.7 Å². The molecule has 0 aliphatic carbocycles. The van der Waals surface area contributed by atoms with E-state index >= 15 is 0 Å². The molecule has 54 heavy (non-hydrogen) atoms. The molecule has 276 valence electrons. The molecule has 0 saturated carbocycles. The number of hydrogen-bond donors (Lipinski definition) is 2. The lowest BCUT2D eigenvalue weighted by Crippen LogP contribution is -2.10. The van der Waals surface area contributed by atoms with Crippen LogP contribution in [0.15, 0.2) is 48.5 Å². The second-order valence-corrected chi connectivity index (χ2v) is 14.6. The van der Waals surface area contributed by atoms with Gasteiger partial charge in [0.1, 0.15) is 45.8 Å². The number of hydrogen-bond acceptors (Lipinski definition) is 6. The Morgan fingerprint density at radius 3 is 1.72 bits per heavy atom. The first kappa shape index (κ1) is 36.9. The van der Waals surface area contributed by atoms with Crippen LogP contribution in [0.5, 0.6) is 0 Å². The number of aliphatic carboxylic acids is 2. The lowest BCUT2D eigenvalue weighted by Gasteiger charge is -2.06. The lowest BCUT2D eigenvalue weighted by molar-refractivity contribution is -0.138. The van der Waals surface area contributed by atoms with Gasteiger partial charge in [0, 0.05) is 50.4 Å². The van der Waals surface area contributed by atoms with Gasteiger partial charge < -0.3 is 19.3 Å². The highest BCUT2D eigenvalue weighted by molar-refractivity contribution is 7.22. The predicted molar refractivity (Wildman–Crippen MR) is 195 cm³/mol. The molecule has 2 N–H and O–H groups in total. The van der Waals surface area contributed by atoms with Crippen molar-refractivity contribution in [2.24, 2.45) is 0 Å². The topological polar surface area (TPSA) is 110 Å². The van der Waals surface area contributed by atoms with E-state index in [0.29, 0.717) is 55.6 Å². The van der Waals surface area contributed by atoms with E-state index in [1.54, 1.807) is 36.6 Å². The number of fused-ring (bicyclic) bond motifs is 4. The number of nitrogens with zero attached hydrogens (tertiary/aromatic N) is 4. The number of carboxylic acids is 2. The Hall–Kier alpha value is -5.45. The number of aromatic nitrogens is 4. The highest BCUT2D eigenvalue weighted by Crippen LogP contribution is 2.42. The van der Waals surface area contributed by atoms with Crippen LogP contribution in [0.3, 0.4) is 0 Å². The van der Waals surface area contributed by atoms with Crippen LogP contribution in [0.2, 0.25) is 5.02 Å². The molecule has 17 heteroatoms. The average molecular weight is 801 g/mol. The number of rotatable bonds is 6. The normalized spacial score (nSPS) is 11.6. The predicted octanol–water partition coefficient (Wildman–Crippen LogP) is 10.4. The third-order valence-corrected chi connectivity index (χ3v) is 11.3. The third kappa shape index (κ3) is 6.13. The van der Waals surface area contributed by atoms with E-state index in [1.165, 1.54) is 4.57 Å². The molecule has 0 spiro atoms. The first-order valence-electron chi connectivity index (χ1n) is 15.8. The molecule has 8 aromatic rings. The summed E-state index contributed by atoms with van der Waals surface area (Å²) >= 11 is 7.84. The SMILES string of the molecule is Cc1c(-c2nc3c(F)c(F)cc(F)c3s2)c2ccc(Cl)cc2n1CC(=O)O.Cc1cccc2c(-c3nc4c(F)c(F)cc(F)c4s3)c(C)n(CC(=O)O)c12. The van der Waals surface area contributed by atoms with E-state index in [1.807, 2.05) is 25.1 Å². The van der Waals surface area contributed by atoms with E-state index in [2.05, 4.69) is 9.97 Å². The van der Waals surface area contributed by atoms with Crippen LogP contribution in [-0.4, -0.2) is 41.3 Å². The van der Waals surface area contributed by atoms with Crippen LogP contribution in [0, 0.1) is 55.7 Å². The van der Waals surface area contributed by atoms with Crippen LogP contribution in [0.4, 0.5) is 26.3 Å². The summed E-state index contributed by atoms with van der Waals surface area (Å²) in [6.45, 7) is 4.71. The quantitative estimate of drug-likeness (QED) is 0.128. The number of carboxylic acid groups (broad SMARTS) is 2. The fourth-order valence-corrected chi connectivity index (χ4v) is 8.88. The molecule has 0 bridgehead atoms. The average Bonchev–Trinajstić information content (AvgIpc) is 3.86. The maximum atomic E-state index is 14.1. The van der Waals surface area contributed by atoms with Crippen molar-refractivity contribution in [3.63, 3.8) is 0 Å². The highest BCUT2D eigenvalue weighted by Gasteiger charge is 2.25. The van der Waals surface area contributed by atoms with Gasteiger partial charge in [-0.25, -0.2) is 36.3 Å². The first-order valence-corrected chi connectivity index (χ1v) is 17.8. The zero-order chi connectivity index (χ0) is 38.9. The maximum absolute atomic E-state index is 14.1. The smallest absolute Gasteiger partial charge is 0.323 e. The van der Waals surface area contributed by atoms with E-state index < -0.39 is 46.8 Å². The van der Waals surface area contributed by atoms with Gasteiger partial charge in [-0.3, -0.25) is 9.59 Å². The molecule has 0 radical (unpaired) electrons. The van der Waals surface area contributed by atoms with E-state index in [4.69, 9.17) is 11.6 Å². The van der Waals surface area contributed by atoms with Crippen molar-refractivity contribution >= 4 is 88.5 Å². The molecule has 0 amide bonds. The Morgan fingerprint density at radius 2 is 1.19 bits per heavy atom. The number of carbonyl (C=O) groups is 2. The van der Waals surface area contributed by atoms with Crippen molar-refractivity contribution in [3.8, 4) is 21.1 Å². The van der Waals surface area contributed by atoms with Crippen molar-refractivity contribution in [3.05, 3.63) is 105 Å². The molecule has 8 rings (SSSR count). The second kappa shape index (κ2) is 13.8. The maximum Gasteiger partial charge on any atom is 0.323 e. The summed E-state index contributed by atoms with van der Waals surface area (Å²) in [7, 11) is 0. The molecule has 0 aliphatic rings. The minimum absolute atomic E-state index is 0.0740. The molecule has 4 heterocycles. The Labute approximate surface area is 313 Å². The van der Waals surface area contributed by atoms with Crippen molar-refractivity contribution in [2.75, 3.05) is 0 Å². The van der Waals surface area contributed by atoms with E-state index in [0.717, 1.165) is 39.1 Å². The minimum atomic E-state index is -1.31. The standard InChI is InChI=1S/C19H13F3N2O2S.C18H10ClF3N2O2S/c1-8-4-3-5-10-14(9(2)24(17(8)10)7-13(25)26)19-23-16-15(22)11(20)6-12(21)18(16)27-19;1-7-14(9-3-2-8(19)4-12(9)24(7)6-13(25)26)18-23-16-15(22)10(20)5-11(21)17(16)27-18/h3-6H,7H2,1-2H3,(H,25,26);2-5H,6H2,1H3,(H,25,26). The fraction of sp³-hybridized carbons (Fsp3) is 0.135. The number of aryl methyl sites for hydroxylation is 1. The van der Waals surface area contributed by atoms with Crippen LogP contribution in [0.25, 0.3) is 63.4 Å². The number of halogens is 7. The van der Waals surface area contributed by atoms with Crippen LogP contribution < -0.4 is 0 Å². The second-order valence-electron chi connectivity index (χ2n) is 12.2. The molecule has 4 aromatic heterocycles. The third-order valence-electron chi connectivity index (χ3n) is 8.87. The Bertz CT molecular complexity index is 2880. The minimum Gasteiger partial charge on any atom is -0.480 e. The fourth-order valence-electron chi connectivity index (χ4n) is 6.56. The summed E-state index contributed by atoms with van der Waals surface area (Å²) in [6, 6.07) is 11.4. The van der Waals surface area contributed by atoms with Crippen LogP contribution in [-0.2, 0) is 22.7 Å². The van der Waals surface area contributed by atoms with Gasteiger partial charge >= 0.3 is 11.9 Å². The van der Waals surface area contributed by atoms with Crippen LogP contribution in [0.1, 0.15) is 17.0 Å². The van der Waals surface area contributed by atoms with Gasteiger partial charge in [-0.1, -0.05) is 35.9 Å². The van der Waals surface area contributed by atoms with Gasteiger partial charge in [-0.05, 0) is 38.5 Å². The molecule has 0 aliphatic heterocycles. The molecule has 4 aromatic carbocycles. The molecular formula is C37H23ClF6N4O4S2. The summed E-state index contributed by atoms with van der Waals surface area (Å²) in [6.07, 6.45) is 0. The van der Waals surface area contributed by atoms with E-state index in [-0.39, 0.29) is 38.5 Å². The summed E-state index contributed by atoms with van der Waals surface area (Å²) in [5.41, 5.74) is 3.68. The van der Waals surface area contributed by atoms with Gasteiger partial charge in [-0.2, -0.15) is 0 Å². The summed E-state index contributed by atoms with van der Waals surface area (Å²) < 4.78 is 86.3. The zero-order valence-electron chi connectivity index (χ0n) is 28.0. The Kier molecular flexibility index (Phi) is 9.40. The molecule has 0 unspecified atom stereocenters. The lowest BCUT2D eigenvalue weighted by atomic mass is 10.1. The number of para-hydroxylation sites is 1. The Balaban J connectivity index is 0.000000167. The molecule has 0 atom stereocenters. The first-order chi connectivity index (χ1) is 25.6. The van der Waals surface area contributed by atoms with E-state index in [9.17, 15) is 46.1 Å². The van der Waals surface area contributed by atoms with Gasteiger partial charge in [0.15, 0.2) is 23.3 Å². The zero-order valence-corrected chi connectivity index (χ0v) is 30.4. The number of benzene rings is 4. The van der Waals surface area contributed by atoms with Crippen molar-refractivity contribution in [1.82, 2.24) is 19.1 Å². The monoisotopic (exact) mass is 800 g/mol. The van der Waals surface area contributed by atoms with Gasteiger partial charge in [0.05, 0.1) is 20.4 Å². The van der Waals surface area contributed by atoms with Gasteiger partial charge in [0.2, 0.25) is 0 Å². The molecule has 8 nitrogen and oxygen atoms in total. The molecule has 0 saturated heterocycles. The molecule has 0 fully saturated rings. The van der Waals surface area contributed by atoms with Crippen molar-refractivity contribution in [2.45, 2.75) is 33.9 Å². The van der Waals surface area contributed by atoms with Crippen molar-refractivity contribution in [1.29, 1.82) is 0 Å². The number of thiazole rings is 2. The van der Waals surface area contributed by atoms with Crippen molar-refractivity contribution < 1.29 is 46.1 Å². The molecular weight excluding hydrogens is 778 g/mol. The summed E-state index contributed by atoms with van der Waals surface area (Å²) in [5, 5.41) is 20.8. The van der Waals surface area contributed by atoms with Crippen LogP contribution >= 0.6 is 34.3 Å². The summed E-state index contributed by atoms with van der Waals surface area (Å²) in [4.78, 5) is 30.8.